The van der Waals surface area contributed by atoms with Crippen LogP contribution in [0.25, 0.3) is 6.08 Å². The Morgan fingerprint density at radius 3 is 2.23 bits per heavy atom. The first kappa shape index (κ1) is 19.3. The van der Waals surface area contributed by atoms with Gasteiger partial charge < -0.3 is 0 Å². The molecule has 1 aliphatic rings. The highest BCUT2D eigenvalue weighted by Crippen LogP contribution is 2.18. The van der Waals surface area contributed by atoms with Gasteiger partial charge in [-0.15, -0.1) is 0 Å². The predicted octanol–water partition coefficient (Wildman–Crippen LogP) is 3.51. The van der Waals surface area contributed by atoms with Gasteiger partial charge in [0.2, 0.25) is 10.0 Å². The van der Waals surface area contributed by atoms with Crippen molar-refractivity contribution in [1.82, 2.24) is 14.2 Å². The highest BCUT2D eigenvalue weighted by molar-refractivity contribution is 7.92. The van der Waals surface area contributed by atoms with E-state index in [1.165, 1.54) is 9.71 Å². The summed E-state index contributed by atoms with van der Waals surface area (Å²) in [7, 11) is -3.42. The number of sulfonamides is 1. The zero-order valence-electron chi connectivity index (χ0n) is 14.1. The van der Waals surface area contributed by atoms with E-state index in [4.69, 9.17) is 23.2 Å². The third-order valence-corrected chi connectivity index (χ3v) is 6.10. The summed E-state index contributed by atoms with van der Waals surface area (Å²) in [6.45, 7) is 2.86. The molecular weight excluding hydrogens is 393 g/mol. The van der Waals surface area contributed by atoms with E-state index in [0.29, 0.717) is 43.0 Å². The van der Waals surface area contributed by atoms with Crippen LogP contribution in [-0.2, 0) is 16.6 Å². The van der Waals surface area contributed by atoms with Crippen LogP contribution in [0.1, 0.15) is 11.1 Å². The summed E-state index contributed by atoms with van der Waals surface area (Å²) in [5, 5.41) is 2.00. The molecule has 5 nitrogen and oxygen atoms in total. The van der Waals surface area contributed by atoms with Crippen LogP contribution < -0.4 is 0 Å². The van der Waals surface area contributed by atoms with Gasteiger partial charge in [-0.2, -0.15) is 4.31 Å². The van der Waals surface area contributed by atoms with Gasteiger partial charge in [-0.1, -0.05) is 53.5 Å². The van der Waals surface area contributed by atoms with Gasteiger partial charge in [-0.25, -0.2) is 13.4 Å². The maximum absolute atomic E-state index is 12.5. The van der Waals surface area contributed by atoms with Crippen molar-refractivity contribution in [3.05, 3.63) is 69.3 Å². The fourth-order valence-corrected chi connectivity index (χ4v) is 4.50. The van der Waals surface area contributed by atoms with Gasteiger partial charge in [0, 0.05) is 38.1 Å². The highest BCUT2D eigenvalue weighted by Gasteiger charge is 2.25. The molecule has 2 heterocycles. The molecule has 0 unspecified atom stereocenters. The number of hydrogen-bond donors (Lipinski definition) is 0. The lowest BCUT2D eigenvalue weighted by atomic mass is 10.2. The van der Waals surface area contributed by atoms with E-state index in [-0.39, 0.29) is 0 Å². The topological polar surface area (TPSA) is 53.5 Å². The fraction of sp³-hybridized carbons (Fsp3) is 0.278. The second-order valence-electron chi connectivity index (χ2n) is 6.05. The second-order valence-corrected chi connectivity index (χ2v) is 8.65. The summed E-state index contributed by atoms with van der Waals surface area (Å²) in [4.78, 5) is 6.11. The van der Waals surface area contributed by atoms with Crippen molar-refractivity contribution >= 4 is 39.3 Å². The van der Waals surface area contributed by atoms with Gasteiger partial charge in [0.05, 0.1) is 0 Å². The number of aromatic nitrogens is 1. The summed E-state index contributed by atoms with van der Waals surface area (Å²) < 4.78 is 26.5. The largest absolute Gasteiger partial charge is 0.296 e. The monoisotopic (exact) mass is 411 g/mol. The quantitative estimate of drug-likeness (QED) is 0.706. The van der Waals surface area contributed by atoms with Crippen molar-refractivity contribution in [2.24, 2.45) is 0 Å². The molecule has 1 aliphatic heterocycles. The molecule has 2 aromatic rings. The van der Waals surface area contributed by atoms with Crippen LogP contribution in [0, 0.1) is 0 Å². The third-order valence-electron chi connectivity index (χ3n) is 4.15. The van der Waals surface area contributed by atoms with Crippen molar-refractivity contribution < 1.29 is 8.42 Å². The lowest BCUT2D eigenvalue weighted by Crippen LogP contribution is -2.47. The standard InChI is InChI=1S/C18H19Cl2N3O2S/c19-17-12-16(13-18(20)21-17)14-22-7-9-23(10-8-22)26(24,25)11-6-15-4-2-1-3-5-15/h1-6,11-13H,7-10,14H2/b11-6+. The Labute approximate surface area is 163 Å². The molecule has 0 N–H and O–H groups in total. The minimum absolute atomic E-state index is 0.361. The Bertz CT molecular complexity index is 860. The van der Waals surface area contributed by atoms with Crippen molar-refractivity contribution in [3.8, 4) is 0 Å². The lowest BCUT2D eigenvalue weighted by Gasteiger charge is -2.33. The van der Waals surface area contributed by atoms with Crippen molar-refractivity contribution in [1.29, 1.82) is 0 Å². The molecule has 0 bridgehead atoms. The van der Waals surface area contributed by atoms with Gasteiger partial charge in [-0.05, 0) is 29.3 Å². The zero-order valence-corrected chi connectivity index (χ0v) is 16.4. The first-order valence-electron chi connectivity index (χ1n) is 8.20. The average Bonchev–Trinajstić information content (AvgIpc) is 2.61. The molecule has 1 aromatic heterocycles. The van der Waals surface area contributed by atoms with Crippen LogP contribution in [0.2, 0.25) is 10.3 Å². The van der Waals surface area contributed by atoms with E-state index in [1.54, 1.807) is 18.2 Å². The molecule has 0 amide bonds. The minimum atomic E-state index is -3.42. The Morgan fingerprint density at radius 1 is 1.00 bits per heavy atom. The van der Waals surface area contributed by atoms with E-state index in [2.05, 4.69) is 9.88 Å². The maximum atomic E-state index is 12.5. The van der Waals surface area contributed by atoms with Crippen molar-refractivity contribution in [3.63, 3.8) is 0 Å². The van der Waals surface area contributed by atoms with Crippen LogP contribution in [0.4, 0.5) is 0 Å². The molecule has 1 saturated heterocycles. The zero-order chi connectivity index (χ0) is 18.6. The number of benzene rings is 1. The van der Waals surface area contributed by atoms with Crippen LogP contribution in [0.3, 0.4) is 0 Å². The number of nitrogens with zero attached hydrogens (tertiary/aromatic N) is 3. The lowest BCUT2D eigenvalue weighted by molar-refractivity contribution is 0.182. The Kier molecular flexibility index (Phi) is 6.32. The summed E-state index contributed by atoms with van der Waals surface area (Å²) >= 11 is 11.9. The number of halogens is 2. The van der Waals surface area contributed by atoms with Gasteiger partial charge in [0.25, 0.3) is 0 Å². The molecule has 0 radical (unpaired) electrons. The van der Waals surface area contributed by atoms with E-state index in [0.717, 1.165) is 11.1 Å². The summed E-state index contributed by atoms with van der Waals surface area (Å²) in [6.07, 6.45) is 1.63. The SMILES string of the molecule is O=S(=O)(/C=C/c1ccccc1)N1CCN(Cc2cc(Cl)nc(Cl)c2)CC1. The minimum Gasteiger partial charge on any atom is -0.296 e. The summed E-state index contributed by atoms with van der Waals surface area (Å²) in [5.41, 5.74) is 1.83. The van der Waals surface area contributed by atoms with Gasteiger partial charge in [0.15, 0.2) is 0 Å². The predicted molar refractivity (Wildman–Crippen MR) is 106 cm³/mol. The van der Waals surface area contributed by atoms with Crippen LogP contribution in [0.15, 0.2) is 47.9 Å². The molecule has 138 valence electrons. The number of rotatable bonds is 5. The molecule has 26 heavy (non-hydrogen) atoms. The van der Waals surface area contributed by atoms with E-state index in [9.17, 15) is 8.42 Å². The third kappa shape index (κ3) is 5.28. The highest BCUT2D eigenvalue weighted by atomic mass is 35.5. The molecule has 0 saturated carbocycles. The van der Waals surface area contributed by atoms with E-state index < -0.39 is 10.0 Å². The number of pyridine rings is 1. The van der Waals surface area contributed by atoms with E-state index in [1.807, 2.05) is 30.3 Å². The summed E-state index contributed by atoms with van der Waals surface area (Å²) in [6, 6.07) is 12.9. The van der Waals surface area contributed by atoms with Crippen LogP contribution in [0.5, 0.6) is 0 Å². The molecule has 3 rings (SSSR count). The molecule has 0 spiro atoms. The first-order valence-corrected chi connectivity index (χ1v) is 10.5. The van der Waals surface area contributed by atoms with Crippen molar-refractivity contribution in [2.45, 2.75) is 6.54 Å². The molecule has 8 heteroatoms. The fourth-order valence-electron chi connectivity index (χ4n) is 2.82. The maximum Gasteiger partial charge on any atom is 0.236 e. The smallest absolute Gasteiger partial charge is 0.236 e. The molecule has 1 aromatic carbocycles. The number of hydrogen-bond acceptors (Lipinski definition) is 4. The molecule has 0 atom stereocenters. The van der Waals surface area contributed by atoms with Gasteiger partial charge in [0.1, 0.15) is 10.3 Å². The molecule has 1 fully saturated rings. The summed E-state index contributed by atoms with van der Waals surface area (Å²) in [5.74, 6) is 0. The Hall–Kier alpha value is -1.44. The second kappa shape index (κ2) is 8.50. The van der Waals surface area contributed by atoms with Crippen LogP contribution >= 0.6 is 23.2 Å². The Morgan fingerprint density at radius 2 is 1.62 bits per heavy atom. The van der Waals surface area contributed by atoms with Gasteiger partial charge in [-0.3, -0.25) is 4.90 Å². The molecule has 0 aliphatic carbocycles. The average molecular weight is 412 g/mol. The molecular formula is C18H19Cl2N3O2S. The van der Waals surface area contributed by atoms with Crippen molar-refractivity contribution in [2.75, 3.05) is 26.2 Å². The first-order chi connectivity index (χ1) is 12.4. The normalized spacial score (nSPS) is 17.0. The van der Waals surface area contributed by atoms with Crippen LogP contribution in [-0.4, -0.2) is 48.8 Å². The Balaban J connectivity index is 1.58. The number of piperazine rings is 1. The van der Waals surface area contributed by atoms with E-state index >= 15 is 0 Å². The van der Waals surface area contributed by atoms with Gasteiger partial charge >= 0.3 is 0 Å².